The molecule has 1 heterocycles. The van der Waals surface area contributed by atoms with Crippen molar-refractivity contribution >= 4 is 11.9 Å². The lowest BCUT2D eigenvalue weighted by Gasteiger charge is -2.32. The van der Waals surface area contributed by atoms with Crippen molar-refractivity contribution in [1.29, 1.82) is 0 Å². The topological polar surface area (TPSA) is 70.7 Å². The van der Waals surface area contributed by atoms with Crippen molar-refractivity contribution in [2.75, 3.05) is 26.3 Å². The number of hydrogen-bond donors (Lipinski definition) is 2. The van der Waals surface area contributed by atoms with Gasteiger partial charge in [0.05, 0.1) is 25.3 Å². The van der Waals surface area contributed by atoms with Crippen LogP contribution in [0.3, 0.4) is 0 Å². The van der Waals surface area contributed by atoms with Crippen molar-refractivity contribution in [3.8, 4) is 0 Å². The van der Waals surface area contributed by atoms with Gasteiger partial charge in [0.15, 0.2) is 0 Å². The van der Waals surface area contributed by atoms with Gasteiger partial charge < -0.3 is 10.1 Å². The molecule has 1 aromatic carbocycles. The summed E-state index contributed by atoms with van der Waals surface area (Å²) in [6.45, 7) is 4.68. The second-order valence-corrected chi connectivity index (χ2v) is 6.33. The number of aryl methyl sites for hydroxylation is 1. The van der Waals surface area contributed by atoms with Crippen LogP contribution in [0.25, 0.3) is 0 Å². The summed E-state index contributed by atoms with van der Waals surface area (Å²) in [6, 6.07) is 7.41. The number of amides is 3. The second-order valence-electron chi connectivity index (χ2n) is 6.33. The number of ether oxygens (including phenoxy) is 1. The van der Waals surface area contributed by atoms with Crippen molar-refractivity contribution in [3.63, 3.8) is 0 Å². The van der Waals surface area contributed by atoms with Gasteiger partial charge in [0.2, 0.25) is 5.91 Å². The van der Waals surface area contributed by atoms with Crippen molar-refractivity contribution in [3.05, 3.63) is 35.4 Å². The highest BCUT2D eigenvalue weighted by Gasteiger charge is 2.28. The Bertz CT molecular complexity index is 599. The molecule has 2 N–H and O–H groups in total. The smallest absolute Gasteiger partial charge is 0.321 e. The molecular weight excluding hydrogens is 306 g/mol. The summed E-state index contributed by atoms with van der Waals surface area (Å²) in [7, 11) is 0. The highest BCUT2D eigenvalue weighted by molar-refractivity contribution is 5.97. The average molecular weight is 331 g/mol. The van der Waals surface area contributed by atoms with E-state index in [0.717, 1.165) is 31.5 Å². The van der Waals surface area contributed by atoms with Crippen LogP contribution in [-0.4, -0.2) is 49.2 Å². The zero-order valence-corrected chi connectivity index (χ0v) is 14.1. The number of carbonyl (C=O) groups excluding carboxylic acids is 2. The van der Waals surface area contributed by atoms with Gasteiger partial charge >= 0.3 is 6.03 Å². The summed E-state index contributed by atoms with van der Waals surface area (Å²) < 4.78 is 5.32. The second kappa shape index (κ2) is 7.77. The zero-order valence-electron chi connectivity index (χ0n) is 14.1. The summed E-state index contributed by atoms with van der Waals surface area (Å²) in [6.07, 6.45) is 2.51. The highest BCUT2D eigenvalue weighted by Crippen LogP contribution is 2.30. The minimum atomic E-state index is -0.409. The Morgan fingerprint density at radius 2 is 2.04 bits per heavy atom. The summed E-state index contributed by atoms with van der Waals surface area (Å²) in [5, 5.41) is 5.45. The van der Waals surface area contributed by atoms with Crippen LogP contribution in [0.15, 0.2) is 24.3 Å². The van der Waals surface area contributed by atoms with Crippen molar-refractivity contribution < 1.29 is 14.3 Å². The molecule has 1 fully saturated rings. The van der Waals surface area contributed by atoms with Crippen LogP contribution in [-0.2, 0) is 16.0 Å². The molecule has 0 bridgehead atoms. The van der Waals surface area contributed by atoms with E-state index in [0.29, 0.717) is 19.6 Å². The fraction of sp³-hybridized carbons (Fsp3) is 0.556. The maximum Gasteiger partial charge on any atom is 0.321 e. The maximum atomic E-state index is 12.4. The lowest BCUT2D eigenvalue weighted by atomic mass is 10.1. The van der Waals surface area contributed by atoms with Crippen LogP contribution in [0.2, 0.25) is 0 Å². The summed E-state index contributed by atoms with van der Waals surface area (Å²) in [4.78, 5) is 26.8. The standard InChI is InChI=1S/C18H25N3O3/c1-2-16(21-9-11-24-12-10-21)17(22)20-18(23)19-15-8-7-13-5-3-4-6-14(13)15/h3-6,15-16H,2,7-12H2,1H3,(H2,19,20,22,23). The number of urea groups is 1. The molecule has 6 nitrogen and oxygen atoms in total. The maximum absolute atomic E-state index is 12.4. The largest absolute Gasteiger partial charge is 0.379 e. The highest BCUT2D eigenvalue weighted by atomic mass is 16.5. The fourth-order valence-corrected chi connectivity index (χ4v) is 3.60. The molecule has 0 radical (unpaired) electrons. The van der Waals surface area contributed by atoms with Crippen LogP contribution >= 0.6 is 0 Å². The molecule has 1 aliphatic heterocycles. The molecular formula is C18H25N3O3. The molecule has 2 atom stereocenters. The first-order valence-electron chi connectivity index (χ1n) is 8.70. The van der Waals surface area contributed by atoms with Crippen molar-refractivity contribution in [2.24, 2.45) is 0 Å². The minimum absolute atomic E-state index is 0.0162. The van der Waals surface area contributed by atoms with Gasteiger partial charge in [0.25, 0.3) is 0 Å². The minimum Gasteiger partial charge on any atom is -0.379 e. The van der Waals surface area contributed by atoms with E-state index in [1.165, 1.54) is 5.56 Å². The summed E-state index contributed by atoms with van der Waals surface area (Å²) in [5.41, 5.74) is 2.43. The Labute approximate surface area is 142 Å². The first-order chi connectivity index (χ1) is 11.7. The number of hydrogen-bond acceptors (Lipinski definition) is 4. The molecule has 0 saturated carbocycles. The van der Waals surface area contributed by atoms with Gasteiger partial charge in [-0.15, -0.1) is 0 Å². The number of morpholine rings is 1. The Hall–Kier alpha value is -1.92. The van der Waals surface area contributed by atoms with E-state index in [-0.39, 0.29) is 18.0 Å². The van der Waals surface area contributed by atoms with E-state index in [1.807, 2.05) is 25.1 Å². The SMILES string of the molecule is CCC(C(=O)NC(=O)NC1CCc2ccccc21)N1CCOCC1. The molecule has 2 unspecified atom stereocenters. The van der Waals surface area contributed by atoms with E-state index >= 15 is 0 Å². The molecule has 1 aliphatic carbocycles. The zero-order chi connectivity index (χ0) is 16.9. The molecule has 130 valence electrons. The predicted molar refractivity (Wildman–Crippen MR) is 90.6 cm³/mol. The lowest BCUT2D eigenvalue weighted by molar-refractivity contribution is -0.127. The predicted octanol–water partition coefficient (Wildman–Crippen LogP) is 1.61. The van der Waals surface area contributed by atoms with Gasteiger partial charge in [-0.3, -0.25) is 15.0 Å². The van der Waals surface area contributed by atoms with Crippen LogP contribution in [0.1, 0.15) is 36.9 Å². The summed E-state index contributed by atoms with van der Waals surface area (Å²) in [5.74, 6) is -0.233. The fourth-order valence-electron chi connectivity index (χ4n) is 3.60. The molecule has 1 saturated heterocycles. The number of nitrogens with one attached hydrogen (secondary N) is 2. The monoisotopic (exact) mass is 331 g/mol. The first kappa shape index (κ1) is 16.9. The third-order valence-electron chi connectivity index (χ3n) is 4.85. The molecule has 0 spiro atoms. The number of fused-ring (bicyclic) bond motifs is 1. The Morgan fingerprint density at radius 1 is 1.29 bits per heavy atom. The number of carbonyl (C=O) groups is 2. The van der Waals surface area contributed by atoms with E-state index in [2.05, 4.69) is 21.6 Å². The van der Waals surface area contributed by atoms with Crippen LogP contribution in [0, 0.1) is 0 Å². The Kier molecular flexibility index (Phi) is 5.48. The molecule has 2 aliphatic rings. The average Bonchev–Trinajstić information content (AvgIpc) is 2.99. The van der Waals surface area contributed by atoms with Gasteiger partial charge in [0, 0.05) is 13.1 Å². The Morgan fingerprint density at radius 3 is 2.79 bits per heavy atom. The quantitative estimate of drug-likeness (QED) is 0.879. The third kappa shape index (κ3) is 3.76. The molecule has 24 heavy (non-hydrogen) atoms. The third-order valence-corrected chi connectivity index (χ3v) is 4.85. The molecule has 3 rings (SSSR count). The van der Waals surface area contributed by atoms with Gasteiger partial charge in [0.1, 0.15) is 0 Å². The van der Waals surface area contributed by atoms with Crippen LogP contribution in [0.5, 0.6) is 0 Å². The van der Waals surface area contributed by atoms with E-state index < -0.39 is 6.03 Å². The number of imide groups is 1. The Balaban J connectivity index is 1.55. The van der Waals surface area contributed by atoms with Crippen LogP contribution < -0.4 is 10.6 Å². The van der Waals surface area contributed by atoms with Crippen molar-refractivity contribution in [2.45, 2.75) is 38.3 Å². The molecule has 3 amide bonds. The molecule has 6 heteroatoms. The number of benzene rings is 1. The van der Waals surface area contributed by atoms with Gasteiger partial charge in [-0.2, -0.15) is 0 Å². The number of nitrogens with zero attached hydrogens (tertiary/aromatic N) is 1. The summed E-state index contributed by atoms with van der Waals surface area (Å²) >= 11 is 0. The lowest BCUT2D eigenvalue weighted by Crippen LogP contribution is -2.53. The normalized spacial score (nSPS) is 21.8. The number of rotatable bonds is 4. The van der Waals surface area contributed by atoms with E-state index in [4.69, 9.17) is 4.74 Å². The van der Waals surface area contributed by atoms with Gasteiger partial charge in [-0.05, 0) is 30.4 Å². The molecule has 1 aromatic rings. The van der Waals surface area contributed by atoms with Gasteiger partial charge in [-0.1, -0.05) is 31.2 Å². The van der Waals surface area contributed by atoms with Crippen molar-refractivity contribution in [1.82, 2.24) is 15.5 Å². The van der Waals surface area contributed by atoms with Gasteiger partial charge in [-0.25, -0.2) is 4.79 Å². The first-order valence-corrected chi connectivity index (χ1v) is 8.70. The van der Waals surface area contributed by atoms with E-state index in [1.54, 1.807) is 0 Å². The van der Waals surface area contributed by atoms with Crippen LogP contribution in [0.4, 0.5) is 4.79 Å². The van der Waals surface area contributed by atoms with E-state index in [9.17, 15) is 9.59 Å². The molecule has 0 aromatic heterocycles.